The number of alkyl halides is 3. The fourth-order valence-electron chi connectivity index (χ4n) is 2.58. The number of aromatic carboxylic acids is 1. The van der Waals surface area contributed by atoms with Gasteiger partial charge in [-0.15, -0.1) is 0 Å². The topological polar surface area (TPSA) is 40.1 Å². The van der Waals surface area contributed by atoms with Gasteiger partial charge in [-0.2, -0.15) is 13.2 Å². The standard InChI is InChI=1S/C20H13F3O2S/c21-20(22,23)18-13-16(11-12-17(18)19(24)25)26(14-7-3-1-4-8-14)15-9-5-2-6-10-15/h1-13H. The Kier molecular flexibility index (Phi) is 5.04. The van der Waals surface area contributed by atoms with E-state index in [2.05, 4.69) is 0 Å². The van der Waals surface area contributed by atoms with Gasteiger partial charge in [0.2, 0.25) is 0 Å². The monoisotopic (exact) mass is 374 g/mol. The third-order valence-corrected chi connectivity index (χ3v) is 5.92. The molecule has 0 bridgehead atoms. The molecule has 0 heterocycles. The van der Waals surface area contributed by atoms with Crippen LogP contribution in [0.1, 0.15) is 15.9 Å². The van der Waals surface area contributed by atoms with Crippen LogP contribution in [-0.4, -0.2) is 5.97 Å². The van der Waals surface area contributed by atoms with Crippen molar-refractivity contribution in [3.63, 3.8) is 0 Å². The van der Waals surface area contributed by atoms with Gasteiger partial charge in [0.15, 0.2) is 14.7 Å². The second-order valence-corrected chi connectivity index (χ2v) is 7.45. The molecule has 0 N–H and O–H groups in total. The van der Waals surface area contributed by atoms with Gasteiger partial charge in [-0.05, 0) is 36.4 Å². The average Bonchev–Trinajstić information content (AvgIpc) is 2.63. The van der Waals surface area contributed by atoms with Crippen LogP contribution in [0.5, 0.6) is 0 Å². The first kappa shape index (κ1) is 18.1. The molecule has 3 aromatic carbocycles. The minimum absolute atomic E-state index is 0.389. The number of carbonyl (C=O) groups excluding carboxylic acids is 1. The number of carbonyl (C=O) groups is 1. The summed E-state index contributed by atoms with van der Waals surface area (Å²) in [7, 11) is -0.795. The van der Waals surface area contributed by atoms with E-state index in [9.17, 15) is 23.1 Å². The first-order chi connectivity index (χ1) is 12.4. The van der Waals surface area contributed by atoms with Gasteiger partial charge in [0.25, 0.3) is 0 Å². The van der Waals surface area contributed by atoms with E-state index in [1.807, 2.05) is 60.7 Å². The molecule has 0 saturated heterocycles. The van der Waals surface area contributed by atoms with Crippen molar-refractivity contribution in [1.82, 2.24) is 0 Å². The number of rotatable bonds is 4. The lowest BCUT2D eigenvalue weighted by molar-refractivity contribution is -0.255. The zero-order chi connectivity index (χ0) is 18.7. The summed E-state index contributed by atoms with van der Waals surface area (Å²) < 4.78 is 40.1. The Balaban J connectivity index is 2.21. The van der Waals surface area contributed by atoms with Crippen molar-refractivity contribution >= 4 is 16.9 Å². The van der Waals surface area contributed by atoms with E-state index in [1.165, 1.54) is 6.07 Å². The predicted molar refractivity (Wildman–Crippen MR) is 90.8 cm³/mol. The van der Waals surface area contributed by atoms with Crippen LogP contribution in [0.3, 0.4) is 0 Å². The Morgan fingerprint density at radius 2 is 1.27 bits per heavy atom. The van der Waals surface area contributed by atoms with E-state index in [-0.39, 0.29) is 0 Å². The van der Waals surface area contributed by atoms with Crippen molar-refractivity contribution in [2.75, 3.05) is 0 Å². The van der Waals surface area contributed by atoms with Gasteiger partial charge in [0, 0.05) is 11.6 Å². The van der Waals surface area contributed by atoms with Gasteiger partial charge in [-0.25, -0.2) is 0 Å². The third kappa shape index (κ3) is 3.75. The third-order valence-electron chi connectivity index (χ3n) is 3.71. The molecular formula is C20H13F3O2S. The molecule has 3 rings (SSSR count). The first-order valence-electron chi connectivity index (χ1n) is 7.65. The quantitative estimate of drug-likeness (QED) is 0.643. The highest BCUT2D eigenvalue weighted by atomic mass is 32.2. The van der Waals surface area contributed by atoms with E-state index in [0.717, 1.165) is 21.9 Å². The summed E-state index contributed by atoms with van der Waals surface area (Å²) in [5, 5.41) is 11.1. The summed E-state index contributed by atoms with van der Waals surface area (Å²) in [4.78, 5) is 13.2. The second kappa shape index (κ2) is 7.25. The Hall–Kier alpha value is -2.73. The van der Waals surface area contributed by atoms with Gasteiger partial charge in [-0.3, -0.25) is 0 Å². The van der Waals surface area contributed by atoms with Crippen LogP contribution in [0.4, 0.5) is 13.2 Å². The highest BCUT2D eigenvalue weighted by Gasteiger charge is 2.37. The Labute approximate surface area is 151 Å². The maximum atomic E-state index is 13.4. The molecule has 132 valence electrons. The summed E-state index contributed by atoms with van der Waals surface area (Å²) >= 11 is 0. The molecule has 0 spiro atoms. The van der Waals surface area contributed by atoms with Crippen molar-refractivity contribution in [2.45, 2.75) is 20.9 Å². The van der Waals surface area contributed by atoms with Crippen LogP contribution in [0.2, 0.25) is 0 Å². The fourth-order valence-corrected chi connectivity index (χ4v) is 4.70. The van der Waals surface area contributed by atoms with Crippen LogP contribution in [0, 0.1) is 0 Å². The molecular weight excluding hydrogens is 361 g/mol. The van der Waals surface area contributed by atoms with Crippen LogP contribution in [0.25, 0.3) is 0 Å². The number of benzene rings is 3. The van der Waals surface area contributed by atoms with Crippen molar-refractivity contribution in [1.29, 1.82) is 0 Å². The molecule has 6 heteroatoms. The summed E-state index contributed by atoms with van der Waals surface area (Å²) in [6.45, 7) is 0. The molecule has 26 heavy (non-hydrogen) atoms. The summed E-state index contributed by atoms with van der Waals surface area (Å²) in [6.07, 6.45) is -4.78. The SMILES string of the molecule is O=C([O-])c1ccc([S+](c2ccccc2)c2ccccc2)cc1C(F)(F)F. The maximum absolute atomic E-state index is 13.4. The van der Waals surface area contributed by atoms with E-state index in [1.54, 1.807) is 0 Å². The number of hydrogen-bond donors (Lipinski definition) is 0. The highest BCUT2D eigenvalue weighted by Crippen LogP contribution is 2.37. The molecule has 0 aliphatic heterocycles. The smallest absolute Gasteiger partial charge is 0.417 e. The second-order valence-electron chi connectivity index (χ2n) is 5.42. The lowest BCUT2D eigenvalue weighted by Gasteiger charge is -2.15. The minimum Gasteiger partial charge on any atom is -0.545 e. The van der Waals surface area contributed by atoms with Crippen molar-refractivity contribution < 1.29 is 23.1 Å². The molecule has 0 amide bonds. The van der Waals surface area contributed by atoms with E-state index in [0.29, 0.717) is 4.90 Å². The highest BCUT2D eigenvalue weighted by molar-refractivity contribution is 7.97. The Morgan fingerprint density at radius 1 is 0.769 bits per heavy atom. The molecule has 0 unspecified atom stereocenters. The number of halogens is 3. The first-order valence-corrected chi connectivity index (χ1v) is 8.87. The van der Waals surface area contributed by atoms with Crippen molar-refractivity contribution in [3.05, 3.63) is 90.0 Å². The van der Waals surface area contributed by atoms with Gasteiger partial charge in [-0.1, -0.05) is 36.4 Å². The fraction of sp³-hybridized carbons (Fsp3) is 0.0500. The normalized spacial score (nSPS) is 11.5. The van der Waals surface area contributed by atoms with Crippen LogP contribution in [0.15, 0.2) is 93.5 Å². The molecule has 2 nitrogen and oxygen atoms in total. The van der Waals surface area contributed by atoms with Gasteiger partial charge >= 0.3 is 6.18 Å². The average molecular weight is 374 g/mol. The van der Waals surface area contributed by atoms with Gasteiger partial charge in [0.1, 0.15) is 0 Å². The van der Waals surface area contributed by atoms with E-state index in [4.69, 9.17) is 0 Å². The molecule has 0 aliphatic rings. The molecule has 0 aromatic heterocycles. The van der Waals surface area contributed by atoms with Crippen LogP contribution < -0.4 is 5.11 Å². The molecule has 0 saturated carbocycles. The lowest BCUT2D eigenvalue weighted by atomic mass is 10.1. The van der Waals surface area contributed by atoms with E-state index < -0.39 is 34.2 Å². The van der Waals surface area contributed by atoms with Crippen molar-refractivity contribution in [2.24, 2.45) is 0 Å². The van der Waals surface area contributed by atoms with Crippen LogP contribution >= 0.6 is 0 Å². The molecule has 0 radical (unpaired) electrons. The minimum atomic E-state index is -4.78. The number of carboxylic acids is 1. The molecule has 0 aliphatic carbocycles. The van der Waals surface area contributed by atoms with Gasteiger partial charge < -0.3 is 9.90 Å². The predicted octanol–water partition coefficient (Wildman–Crippen LogP) is 4.16. The summed E-state index contributed by atoms with van der Waals surface area (Å²) in [5.41, 5.74) is -2.05. The summed E-state index contributed by atoms with van der Waals surface area (Å²) in [5.74, 6) is -1.84. The van der Waals surface area contributed by atoms with Crippen LogP contribution in [-0.2, 0) is 17.1 Å². The van der Waals surface area contributed by atoms with E-state index >= 15 is 0 Å². The number of hydrogen-bond acceptors (Lipinski definition) is 2. The Morgan fingerprint density at radius 3 is 1.69 bits per heavy atom. The van der Waals surface area contributed by atoms with Crippen molar-refractivity contribution in [3.8, 4) is 0 Å². The maximum Gasteiger partial charge on any atom is 0.417 e. The molecule has 3 aromatic rings. The zero-order valence-electron chi connectivity index (χ0n) is 13.4. The molecule has 0 fully saturated rings. The zero-order valence-corrected chi connectivity index (χ0v) is 14.2. The number of carboxylic acid groups (broad SMARTS) is 1. The summed E-state index contributed by atoms with van der Waals surface area (Å²) in [6, 6.07) is 21.6. The molecule has 0 atom stereocenters. The lowest BCUT2D eigenvalue weighted by Crippen LogP contribution is -2.26. The Bertz CT molecular complexity index is 870. The largest absolute Gasteiger partial charge is 0.545 e. The van der Waals surface area contributed by atoms with Gasteiger partial charge in [0.05, 0.1) is 22.4 Å².